The fourth-order valence-corrected chi connectivity index (χ4v) is 3.76. The topological polar surface area (TPSA) is 35.5 Å². The van der Waals surface area contributed by atoms with Crippen molar-refractivity contribution in [2.24, 2.45) is 0 Å². The van der Waals surface area contributed by atoms with Crippen LogP contribution in [0.25, 0.3) is 0 Å². The van der Waals surface area contributed by atoms with Crippen molar-refractivity contribution in [3.8, 4) is 0 Å². The van der Waals surface area contributed by atoms with E-state index in [0.29, 0.717) is 0 Å². The lowest BCUT2D eigenvalue weighted by Crippen LogP contribution is -2.46. The van der Waals surface area contributed by atoms with Gasteiger partial charge in [0.2, 0.25) is 0 Å². The minimum atomic E-state index is -0.176. The van der Waals surface area contributed by atoms with Crippen LogP contribution in [-0.2, 0) is 6.54 Å². The van der Waals surface area contributed by atoms with Crippen LogP contribution in [-0.4, -0.2) is 54.4 Å². The number of rotatable bonds is 4. The summed E-state index contributed by atoms with van der Waals surface area (Å²) in [6, 6.07) is 11.0. The quantitative estimate of drug-likeness (QED) is 0.843. The van der Waals surface area contributed by atoms with Gasteiger partial charge in [-0.15, -0.1) is 10.2 Å². The van der Waals surface area contributed by atoms with Crippen LogP contribution < -0.4 is 9.80 Å². The molecule has 2 saturated heterocycles. The molecule has 0 N–H and O–H groups in total. The standard InChI is InChI=1S/C20H26FN5/c21-18-6-4-17(5-7-18)16-24-12-14-26(15-13-24)20-9-8-19(22-23-20)25-10-2-1-3-11-25/h4-9H,1-3,10-16H2. The van der Waals surface area contributed by atoms with Crippen molar-refractivity contribution < 1.29 is 4.39 Å². The average Bonchev–Trinajstić information content (AvgIpc) is 2.71. The Labute approximate surface area is 154 Å². The Kier molecular flexibility index (Phi) is 5.29. The maximum absolute atomic E-state index is 13.0. The van der Waals surface area contributed by atoms with Gasteiger partial charge < -0.3 is 9.80 Å². The average molecular weight is 355 g/mol. The van der Waals surface area contributed by atoms with Crippen LogP contribution in [0, 0.1) is 5.82 Å². The highest BCUT2D eigenvalue weighted by molar-refractivity contribution is 5.45. The van der Waals surface area contributed by atoms with E-state index in [-0.39, 0.29) is 5.82 Å². The van der Waals surface area contributed by atoms with Gasteiger partial charge in [-0.1, -0.05) is 12.1 Å². The lowest BCUT2D eigenvalue weighted by molar-refractivity contribution is 0.249. The first-order valence-corrected chi connectivity index (χ1v) is 9.58. The molecule has 5 nitrogen and oxygen atoms in total. The van der Waals surface area contributed by atoms with Crippen molar-refractivity contribution in [3.63, 3.8) is 0 Å². The molecule has 0 aliphatic carbocycles. The predicted octanol–water partition coefficient (Wildman–Crippen LogP) is 2.93. The van der Waals surface area contributed by atoms with Crippen molar-refractivity contribution in [3.05, 3.63) is 47.8 Å². The Morgan fingerprint density at radius 2 is 1.27 bits per heavy atom. The molecular formula is C20H26FN5. The molecule has 6 heteroatoms. The Morgan fingerprint density at radius 1 is 0.692 bits per heavy atom. The Hall–Kier alpha value is -2.21. The molecule has 1 aromatic carbocycles. The Morgan fingerprint density at radius 3 is 1.85 bits per heavy atom. The molecule has 3 heterocycles. The summed E-state index contributed by atoms with van der Waals surface area (Å²) in [5.41, 5.74) is 1.16. The molecule has 0 atom stereocenters. The van der Waals surface area contributed by atoms with Crippen molar-refractivity contribution in [2.75, 3.05) is 49.1 Å². The van der Waals surface area contributed by atoms with Gasteiger partial charge in [0.15, 0.2) is 11.6 Å². The lowest BCUT2D eigenvalue weighted by atomic mass is 10.1. The van der Waals surface area contributed by atoms with E-state index in [1.165, 1.54) is 31.4 Å². The molecule has 2 fully saturated rings. The molecule has 0 bridgehead atoms. The van der Waals surface area contributed by atoms with E-state index in [2.05, 4.69) is 37.0 Å². The van der Waals surface area contributed by atoms with Crippen LogP contribution in [0.3, 0.4) is 0 Å². The summed E-state index contributed by atoms with van der Waals surface area (Å²) in [5.74, 6) is 1.79. The van der Waals surface area contributed by atoms with Crippen LogP contribution in [0.15, 0.2) is 36.4 Å². The summed E-state index contributed by atoms with van der Waals surface area (Å²) >= 11 is 0. The minimum Gasteiger partial charge on any atom is -0.355 e. The third-order valence-electron chi connectivity index (χ3n) is 5.33. The second-order valence-corrected chi connectivity index (χ2v) is 7.19. The first-order valence-electron chi connectivity index (χ1n) is 9.58. The van der Waals surface area contributed by atoms with Crippen molar-refractivity contribution in [1.29, 1.82) is 0 Å². The minimum absolute atomic E-state index is 0.176. The number of halogens is 1. The van der Waals surface area contributed by atoms with Gasteiger partial charge in [0.25, 0.3) is 0 Å². The van der Waals surface area contributed by atoms with Gasteiger partial charge in [0, 0.05) is 45.8 Å². The third kappa shape index (κ3) is 4.12. The number of nitrogens with zero attached hydrogens (tertiary/aromatic N) is 5. The molecule has 4 rings (SSSR count). The number of piperidine rings is 1. The Bertz CT molecular complexity index is 689. The molecule has 0 spiro atoms. The van der Waals surface area contributed by atoms with E-state index in [0.717, 1.165) is 63.0 Å². The smallest absolute Gasteiger partial charge is 0.151 e. The fraction of sp³-hybridized carbons (Fsp3) is 0.500. The molecule has 0 unspecified atom stereocenters. The van der Waals surface area contributed by atoms with E-state index in [1.54, 1.807) is 0 Å². The van der Waals surface area contributed by atoms with Gasteiger partial charge >= 0.3 is 0 Å². The summed E-state index contributed by atoms with van der Waals surface area (Å²) in [7, 11) is 0. The van der Waals surface area contributed by atoms with E-state index in [9.17, 15) is 4.39 Å². The van der Waals surface area contributed by atoms with E-state index >= 15 is 0 Å². The molecular weight excluding hydrogens is 329 g/mol. The van der Waals surface area contributed by atoms with Crippen LogP contribution in [0.2, 0.25) is 0 Å². The van der Waals surface area contributed by atoms with Crippen LogP contribution in [0.5, 0.6) is 0 Å². The molecule has 1 aromatic heterocycles. The largest absolute Gasteiger partial charge is 0.355 e. The molecule has 0 radical (unpaired) electrons. The summed E-state index contributed by atoms with van der Waals surface area (Å²) in [5, 5.41) is 8.93. The number of hydrogen-bond acceptors (Lipinski definition) is 5. The number of hydrogen-bond donors (Lipinski definition) is 0. The molecule has 2 aliphatic rings. The van der Waals surface area contributed by atoms with Crippen LogP contribution in [0.4, 0.5) is 16.0 Å². The number of benzene rings is 1. The Balaban J connectivity index is 1.30. The summed E-state index contributed by atoms with van der Waals surface area (Å²) in [4.78, 5) is 7.04. The molecule has 26 heavy (non-hydrogen) atoms. The summed E-state index contributed by atoms with van der Waals surface area (Å²) < 4.78 is 13.0. The van der Waals surface area contributed by atoms with Crippen molar-refractivity contribution >= 4 is 11.6 Å². The maximum Gasteiger partial charge on any atom is 0.151 e. The monoisotopic (exact) mass is 355 g/mol. The molecule has 2 aliphatic heterocycles. The van der Waals surface area contributed by atoms with Crippen LogP contribution >= 0.6 is 0 Å². The first kappa shape index (κ1) is 17.2. The maximum atomic E-state index is 13.0. The van der Waals surface area contributed by atoms with Gasteiger partial charge in [0.1, 0.15) is 5.82 Å². The molecule has 138 valence electrons. The highest BCUT2D eigenvalue weighted by Gasteiger charge is 2.19. The van der Waals surface area contributed by atoms with Gasteiger partial charge in [-0.25, -0.2) is 4.39 Å². The molecule has 0 amide bonds. The third-order valence-corrected chi connectivity index (χ3v) is 5.33. The molecule has 2 aromatic rings. The summed E-state index contributed by atoms with van der Waals surface area (Å²) in [6.45, 7) is 6.90. The zero-order valence-corrected chi connectivity index (χ0v) is 15.1. The second-order valence-electron chi connectivity index (χ2n) is 7.19. The van der Waals surface area contributed by atoms with Gasteiger partial charge in [-0.3, -0.25) is 4.90 Å². The van der Waals surface area contributed by atoms with E-state index in [4.69, 9.17) is 0 Å². The zero-order valence-electron chi connectivity index (χ0n) is 15.1. The predicted molar refractivity (Wildman–Crippen MR) is 102 cm³/mol. The van der Waals surface area contributed by atoms with Gasteiger partial charge in [-0.2, -0.15) is 0 Å². The lowest BCUT2D eigenvalue weighted by Gasteiger charge is -2.35. The second kappa shape index (κ2) is 7.99. The van der Waals surface area contributed by atoms with Gasteiger partial charge in [0.05, 0.1) is 0 Å². The highest BCUT2D eigenvalue weighted by Crippen LogP contribution is 2.20. The first-order chi connectivity index (χ1) is 12.8. The van der Waals surface area contributed by atoms with Crippen molar-refractivity contribution in [2.45, 2.75) is 25.8 Å². The SMILES string of the molecule is Fc1ccc(CN2CCN(c3ccc(N4CCCCC4)nn3)CC2)cc1. The zero-order chi connectivity index (χ0) is 17.8. The van der Waals surface area contributed by atoms with Crippen molar-refractivity contribution in [1.82, 2.24) is 15.1 Å². The van der Waals surface area contributed by atoms with E-state index < -0.39 is 0 Å². The normalized spacial score (nSPS) is 19.0. The molecule has 0 saturated carbocycles. The summed E-state index contributed by atoms with van der Waals surface area (Å²) in [6.07, 6.45) is 3.82. The number of anilines is 2. The highest BCUT2D eigenvalue weighted by atomic mass is 19.1. The van der Waals surface area contributed by atoms with Crippen LogP contribution in [0.1, 0.15) is 24.8 Å². The fourth-order valence-electron chi connectivity index (χ4n) is 3.76. The van der Waals surface area contributed by atoms with Gasteiger partial charge in [-0.05, 0) is 49.1 Å². The number of aromatic nitrogens is 2. The van der Waals surface area contributed by atoms with E-state index in [1.807, 2.05) is 12.1 Å². The number of piperazine rings is 1.